The minimum absolute atomic E-state index is 0.110. The van der Waals surface area contributed by atoms with Gasteiger partial charge in [-0.05, 0) is 43.9 Å². The molecule has 102 valence electrons. The third-order valence-corrected chi connectivity index (χ3v) is 4.21. The van der Waals surface area contributed by atoms with Gasteiger partial charge in [-0.3, -0.25) is 4.79 Å². The van der Waals surface area contributed by atoms with Gasteiger partial charge >= 0.3 is 5.97 Å². The molecular formula is C15H24O3. The molecular weight excluding hydrogens is 228 g/mol. The van der Waals surface area contributed by atoms with Gasteiger partial charge in [-0.25, -0.2) is 0 Å². The SMILES string of the molecule is COCCCCC(OC(C)=O)C1CC2C=CC1C2. The Morgan fingerprint density at radius 2 is 2.17 bits per heavy atom. The van der Waals surface area contributed by atoms with Crippen molar-refractivity contribution in [2.24, 2.45) is 17.8 Å². The molecule has 2 rings (SSSR count). The first-order valence-corrected chi connectivity index (χ1v) is 7.05. The van der Waals surface area contributed by atoms with E-state index in [0.717, 1.165) is 31.8 Å². The lowest BCUT2D eigenvalue weighted by molar-refractivity contribution is -0.150. The van der Waals surface area contributed by atoms with Crippen molar-refractivity contribution in [3.63, 3.8) is 0 Å². The van der Waals surface area contributed by atoms with E-state index in [2.05, 4.69) is 12.2 Å². The molecule has 3 heteroatoms. The summed E-state index contributed by atoms with van der Waals surface area (Å²) < 4.78 is 10.6. The Hall–Kier alpha value is -0.830. The van der Waals surface area contributed by atoms with Crippen LogP contribution in [0.3, 0.4) is 0 Å². The molecule has 0 amide bonds. The van der Waals surface area contributed by atoms with Crippen molar-refractivity contribution in [1.82, 2.24) is 0 Å². The summed E-state index contributed by atoms with van der Waals surface area (Å²) >= 11 is 0. The number of carbonyl (C=O) groups excluding carboxylic acids is 1. The molecule has 4 unspecified atom stereocenters. The predicted molar refractivity (Wildman–Crippen MR) is 70.1 cm³/mol. The second-order valence-corrected chi connectivity index (χ2v) is 5.58. The highest BCUT2D eigenvalue weighted by molar-refractivity contribution is 5.66. The van der Waals surface area contributed by atoms with Gasteiger partial charge in [0.05, 0.1) is 0 Å². The van der Waals surface area contributed by atoms with Crippen molar-refractivity contribution in [3.05, 3.63) is 12.2 Å². The second kappa shape index (κ2) is 6.37. The third kappa shape index (κ3) is 3.35. The Kier molecular flexibility index (Phi) is 4.81. The largest absolute Gasteiger partial charge is 0.462 e. The summed E-state index contributed by atoms with van der Waals surface area (Å²) in [4.78, 5) is 11.2. The van der Waals surface area contributed by atoms with Crippen molar-refractivity contribution in [2.75, 3.05) is 13.7 Å². The fraction of sp³-hybridized carbons (Fsp3) is 0.800. The maximum absolute atomic E-state index is 11.2. The molecule has 18 heavy (non-hydrogen) atoms. The summed E-state index contributed by atoms with van der Waals surface area (Å²) in [6, 6.07) is 0. The average molecular weight is 252 g/mol. The van der Waals surface area contributed by atoms with E-state index in [1.165, 1.54) is 19.8 Å². The van der Waals surface area contributed by atoms with Crippen LogP contribution in [-0.4, -0.2) is 25.8 Å². The van der Waals surface area contributed by atoms with Gasteiger partial charge in [-0.15, -0.1) is 0 Å². The van der Waals surface area contributed by atoms with Crippen LogP contribution < -0.4 is 0 Å². The zero-order chi connectivity index (χ0) is 13.0. The smallest absolute Gasteiger partial charge is 0.302 e. The van der Waals surface area contributed by atoms with Gasteiger partial charge < -0.3 is 9.47 Å². The van der Waals surface area contributed by atoms with Crippen molar-refractivity contribution >= 4 is 5.97 Å². The molecule has 2 aliphatic carbocycles. The number of allylic oxidation sites excluding steroid dienone is 2. The predicted octanol–water partition coefficient (Wildman–Crippen LogP) is 2.95. The lowest BCUT2D eigenvalue weighted by Crippen LogP contribution is -2.29. The van der Waals surface area contributed by atoms with Gasteiger partial charge in [-0.2, -0.15) is 0 Å². The molecule has 0 radical (unpaired) electrons. The molecule has 2 aliphatic rings. The molecule has 2 bridgehead atoms. The van der Waals surface area contributed by atoms with Crippen LogP contribution in [0.5, 0.6) is 0 Å². The molecule has 0 saturated heterocycles. The van der Waals surface area contributed by atoms with Gasteiger partial charge in [0.15, 0.2) is 0 Å². The minimum Gasteiger partial charge on any atom is -0.462 e. The summed E-state index contributed by atoms with van der Waals surface area (Å²) in [6.45, 7) is 2.31. The van der Waals surface area contributed by atoms with Gasteiger partial charge in [-0.1, -0.05) is 12.2 Å². The first kappa shape index (κ1) is 13.6. The molecule has 4 atom stereocenters. The molecule has 0 heterocycles. The minimum atomic E-state index is -0.140. The molecule has 0 spiro atoms. The number of hydrogen-bond acceptors (Lipinski definition) is 3. The van der Waals surface area contributed by atoms with E-state index in [1.54, 1.807) is 7.11 Å². The maximum Gasteiger partial charge on any atom is 0.302 e. The molecule has 0 aromatic heterocycles. The lowest BCUT2D eigenvalue weighted by atomic mass is 9.86. The molecule has 0 aromatic rings. The normalized spacial score (nSPS) is 30.7. The van der Waals surface area contributed by atoms with Gasteiger partial charge in [0.1, 0.15) is 6.10 Å². The average Bonchev–Trinajstić information content (AvgIpc) is 2.94. The van der Waals surface area contributed by atoms with Crippen LogP contribution in [0, 0.1) is 17.8 Å². The zero-order valence-electron chi connectivity index (χ0n) is 11.4. The lowest BCUT2D eigenvalue weighted by Gasteiger charge is -2.28. The maximum atomic E-state index is 11.2. The number of ether oxygens (including phenoxy) is 2. The Labute approximate surface area is 110 Å². The van der Waals surface area contributed by atoms with Gasteiger partial charge in [0.25, 0.3) is 0 Å². The Morgan fingerprint density at radius 1 is 1.33 bits per heavy atom. The molecule has 0 aromatic carbocycles. The van der Waals surface area contributed by atoms with E-state index in [-0.39, 0.29) is 12.1 Å². The highest BCUT2D eigenvalue weighted by Crippen LogP contribution is 2.46. The Bertz CT molecular complexity index is 311. The number of hydrogen-bond donors (Lipinski definition) is 0. The molecule has 1 fully saturated rings. The van der Waals surface area contributed by atoms with E-state index >= 15 is 0 Å². The molecule has 0 aliphatic heterocycles. The Morgan fingerprint density at radius 3 is 2.72 bits per heavy atom. The number of rotatable bonds is 7. The van der Waals surface area contributed by atoms with Crippen LogP contribution in [0.25, 0.3) is 0 Å². The highest BCUT2D eigenvalue weighted by atomic mass is 16.5. The van der Waals surface area contributed by atoms with E-state index in [1.807, 2.05) is 0 Å². The number of methoxy groups -OCH3 is 1. The van der Waals surface area contributed by atoms with Crippen molar-refractivity contribution < 1.29 is 14.3 Å². The van der Waals surface area contributed by atoms with Crippen molar-refractivity contribution in [2.45, 2.75) is 45.1 Å². The Balaban J connectivity index is 1.84. The van der Waals surface area contributed by atoms with E-state index in [0.29, 0.717) is 11.8 Å². The summed E-state index contributed by atoms with van der Waals surface area (Å²) in [5.41, 5.74) is 0. The fourth-order valence-corrected chi connectivity index (χ4v) is 3.42. The van der Waals surface area contributed by atoms with Crippen LogP contribution in [-0.2, 0) is 14.3 Å². The van der Waals surface area contributed by atoms with E-state index in [9.17, 15) is 4.79 Å². The van der Waals surface area contributed by atoms with Crippen LogP contribution in [0.1, 0.15) is 39.0 Å². The van der Waals surface area contributed by atoms with Crippen LogP contribution in [0.4, 0.5) is 0 Å². The molecule has 0 N–H and O–H groups in total. The number of fused-ring (bicyclic) bond motifs is 2. The van der Waals surface area contributed by atoms with Crippen molar-refractivity contribution in [1.29, 1.82) is 0 Å². The zero-order valence-corrected chi connectivity index (χ0v) is 11.4. The van der Waals surface area contributed by atoms with Crippen LogP contribution in [0.2, 0.25) is 0 Å². The van der Waals surface area contributed by atoms with Gasteiger partial charge in [0, 0.05) is 26.6 Å². The van der Waals surface area contributed by atoms with Gasteiger partial charge in [0.2, 0.25) is 0 Å². The second-order valence-electron chi connectivity index (χ2n) is 5.58. The highest BCUT2D eigenvalue weighted by Gasteiger charge is 2.40. The monoisotopic (exact) mass is 252 g/mol. The van der Waals surface area contributed by atoms with E-state index in [4.69, 9.17) is 9.47 Å². The summed E-state index contributed by atoms with van der Waals surface area (Å²) in [5.74, 6) is 1.78. The number of carbonyl (C=O) groups is 1. The summed E-state index contributed by atoms with van der Waals surface area (Å²) in [5, 5.41) is 0. The van der Waals surface area contributed by atoms with Crippen LogP contribution in [0.15, 0.2) is 12.2 Å². The number of unbranched alkanes of at least 4 members (excludes halogenated alkanes) is 1. The van der Waals surface area contributed by atoms with Crippen molar-refractivity contribution in [3.8, 4) is 0 Å². The first-order valence-electron chi connectivity index (χ1n) is 7.05. The topological polar surface area (TPSA) is 35.5 Å². The first-order chi connectivity index (χ1) is 8.70. The fourth-order valence-electron chi connectivity index (χ4n) is 3.42. The third-order valence-electron chi connectivity index (χ3n) is 4.21. The summed E-state index contributed by atoms with van der Waals surface area (Å²) in [6.07, 6.45) is 10.3. The van der Waals surface area contributed by atoms with E-state index < -0.39 is 0 Å². The summed E-state index contributed by atoms with van der Waals surface area (Å²) in [7, 11) is 1.73. The van der Waals surface area contributed by atoms with Crippen LogP contribution >= 0.6 is 0 Å². The number of esters is 1. The molecule has 1 saturated carbocycles. The molecule has 3 nitrogen and oxygen atoms in total. The quantitative estimate of drug-likeness (QED) is 0.397. The standard InChI is InChI=1S/C15H24O3/c1-11(16)18-15(5-3-4-8-17-2)14-10-12-6-7-13(14)9-12/h6-7,12-15H,3-5,8-10H2,1-2H3.